The van der Waals surface area contributed by atoms with E-state index in [1.807, 2.05) is 45.0 Å². The highest BCUT2D eigenvalue weighted by Crippen LogP contribution is 2.37. The van der Waals surface area contributed by atoms with Crippen LogP contribution >= 0.6 is 0 Å². The standard InChI is InChI=1S/C27H33F2N7O2/c1-34(2)8-6-9-36(5)24-15-22-16(11-20(24)29)17(26(37)32-22)13-25-31-21-14-23(30-7-10-35(3)4)19(28)12-18(21)27(38)33-25/h11-15,30H,6-10H2,1-5H3,(H,32,37)(H,31,33,38)/b17-13-. The van der Waals surface area contributed by atoms with Crippen LogP contribution in [0.15, 0.2) is 29.1 Å². The minimum atomic E-state index is -0.559. The smallest absolute Gasteiger partial charge is 0.259 e. The number of anilines is 3. The number of hydrogen-bond donors (Lipinski definition) is 3. The second kappa shape index (κ2) is 11.3. The topological polar surface area (TPSA) is 96.6 Å². The van der Waals surface area contributed by atoms with E-state index >= 15 is 4.39 Å². The van der Waals surface area contributed by atoms with Gasteiger partial charge in [-0.1, -0.05) is 0 Å². The number of fused-ring (bicyclic) bond motifs is 2. The molecule has 202 valence electrons. The molecule has 9 nitrogen and oxygen atoms in total. The van der Waals surface area contributed by atoms with Crippen LogP contribution in [0.5, 0.6) is 0 Å². The molecule has 4 rings (SSSR count). The van der Waals surface area contributed by atoms with Gasteiger partial charge in [-0.05, 0) is 71.5 Å². The highest BCUT2D eigenvalue weighted by Gasteiger charge is 2.27. The number of nitrogens with zero attached hydrogens (tertiary/aromatic N) is 4. The molecule has 38 heavy (non-hydrogen) atoms. The van der Waals surface area contributed by atoms with E-state index < -0.39 is 23.1 Å². The van der Waals surface area contributed by atoms with Gasteiger partial charge in [0.1, 0.15) is 17.5 Å². The Hall–Kier alpha value is -3.83. The van der Waals surface area contributed by atoms with Crippen molar-refractivity contribution >= 4 is 45.5 Å². The van der Waals surface area contributed by atoms with Crippen LogP contribution in [0.25, 0.3) is 22.6 Å². The van der Waals surface area contributed by atoms with E-state index in [1.54, 1.807) is 6.07 Å². The average Bonchev–Trinajstić information content (AvgIpc) is 3.12. The summed E-state index contributed by atoms with van der Waals surface area (Å²) in [6, 6.07) is 5.54. The number of carbonyl (C=O) groups is 1. The third kappa shape index (κ3) is 6.00. The number of H-pyrrole nitrogens is 1. The number of aromatic amines is 1. The quantitative estimate of drug-likeness (QED) is 0.350. The molecule has 0 radical (unpaired) electrons. The Kier molecular flexibility index (Phi) is 8.08. The van der Waals surface area contributed by atoms with E-state index in [2.05, 4.69) is 25.5 Å². The lowest BCUT2D eigenvalue weighted by atomic mass is 10.1. The fraction of sp³-hybridized carbons (Fsp3) is 0.370. The number of amides is 1. The van der Waals surface area contributed by atoms with Gasteiger partial charge in [0.05, 0.1) is 33.5 Å². The molecule has 1 amide bonds. The Morgan fingerprint density at radius 3 is 2.39 bits per heavy atom. The van der Waals surface area contributed by atoms with E-state index in [1.165, 1.54) is 18.2 Å². The van der Waals surface area contributed by atoms with Crippen LogP contribution in [0.4, 0.5) is 25.8 Å². The first-order valence-corrected chi connectivity index (χ1v) is 12.4. The van der Waals surface area contributed by atoms with Crippen LogP contribution in [0, 0.1) is 11.6 Å². The molecule has 3 N–H and O–H groups in total. The lowest BCUT2D eigenvalue weighted by molar-refractivity contribution is -0.110. The summed E-state index contributed by atoms with van der Waals surface area (Å²) in [6.07, 6.45) is 2.26. The van der Waals surface area contributed by atoms with Crippen molar-refractivity contribution in [2.75, 3.05) is 77.0 Å². The Balaban J connectivity index is 1.65. The first kappa shape index (κ1) is 27.2. The Morgan fingerprint density at radius 2 is 1.68 bits per heavy atom. The van der Waals surface area contributed by atoms with E-state index in [4.69, 9.17) is 0 Å². The number of hydrogen-bond acceptors (Lipinski definition) is 7. The number of halogens is 2. The summed E-state index contributed by atoms with van der Waals surface area (Å²) in [5, 5.41) is 5.87. The van der Waals surface area contributed by atoms with Gasteiger partial charge in [-0.2, -0.15) is 0 Å². The van der Waals surface area contributed by atoms with Crippen molar-refractivity contribution in [3.05, 3.63) is 57.6 Å². The second-order valence-corrected chi connectivity index (χ2v) is 9.97. The minimum Gasteiger partial charge on any atom is -0.381 e. The van der Waals surface area contributed by atoms with Crippen LogP contribution in [-0.4, -0.2) is 87.1 Å². The maximum Gasteiger partial charge on any atom is 0.259 e. The van der Waals surface area contributed by atoms with Crippen molar-refractivity contribution in [3.63, 3.8) is 0 Å². The summed E-state index contributed by atoms with van der Waals surface area (Å²) in [7, 11) is 9.60. The van der Waals surface area contributed by atoms with Crippen molar-refractivity contribution < 1.29 is 13.6 Å². The molecule has 3 aromatic rings. The van der Waals surface area contributed by atoms with Gasteiger partial charge in [0.2, 0.25) is 0 Å². The van der Waals surface area contributed by atoms with Crippen LogP contribution < -0.4 is 21.1 Å². The summed E-state index contributed by atoms with van der Waals surface area (Å²) in [5.41, 5.74) is 1.38. The lowest BCUT2D eigenvalue weighted by Crippen LogP contribution is -2.24. The van der Waals surface area contributed by atoms with Crippen LogP contribution in [0.3, 0.4) is 0 Å². The Morgan fingerprint density at radius 1 is 0.947 bits per heavy atom. The largest absolute Gasteiger partial charge is 0.381 e. The van der Waals surface area contributed by atoms with Gasteiger partial charge < -0.3 is 30.3 Å². The van der Waals surface area contributed by atoms with E-state index in [-0.39, 0.29) is 28.0 Å². The molecule has 1 aromatic heterocycles. The zero-order chi connectivity index (χ0) is 27.6. The molecule has 1 aliphatic rings. The molecule has 0 saturated carbocycles. The summed E-state index contributed by atoms with van der Waals surface area (Å²) in [6.45, 7) is 2.72. The van der Waals surface area contributed by atoms with Gasteiger partial charge >= 0.3 is 0 Å². The fourth-order valence-corrected chi connectivity index (χ4v) is 4.31. The second-order valence-electron chi connectivity index (χ2n) is 9.97. The molecule has 1 aliphatic heterocycles. The number of nitrogens with one attached hydrogen (secondary N) is 3. The predicted molar refractivity (Wildman–Crippen MR) is 149 cm³/mol. The number of likely N-dealkylation sites (N-methyl/N-ethyl adjacent to an activating group) is 1. The summed E-state index contributed by atoms with van der Waals surface area (Å²) < 4.78 is 29.6. The maximum absolute atomic E-state index is 15.1. The predicted octanol–water partition coefficient (Wildman–Crippen LogP) is 3.06. The molecule has 11 heteroatoms. The van der Waals surface area contributed by atoms with Crippen molar-refractivity contribution in [3.8, 4) is 0 Å². The Bertz CT molecular complexity index is 1450. The SMILES string of the molecule is CN(C)CCCN(C)c1cc2c(cc1F)/C(=C/c1nc3cc(NCCN(C)C)c(F)cc3c(=O)[nH]1)C(=O)N2. The molecule has 0 bridgehead atoms. The van der Waals surface area contributed by atoms with E-state index in [9.17, 15) is 14.0 Å². The van der Waals surface area contributed by atoms with Gasteiger partial charge in [-0.25, -0.2) is 13.8 Å². The molecule has 2 aromatic carbocycles. The van der Waals surface area contributed by atoms with E-state index in [0.29, 0.717) is 36.6 Å². The zero-order valence-corrected chi connectivity index (χ0v) is 22.3. The first-order chi connectivity index (χ1) is 18.0. The minimum absolute atomic E-state index is 0.0899. The number of aromatic nitrogens is 2. The molecule has 0 spiro atoms. The number of carbonyl (C=O) groups excluding carboxylic acids is 1. The highest BCUT2D eigenvalue weighted by atomic mass is 19.1. The normalized spacial score (nSPS) is 14.0. The van der Waals surface area contributed by atoms with Crippen molar-refractivity contribution in [1.29, 1.82) is 0 Å². The average molecular weight is 526 g/mol. The molecular formula is C27H33F2N7O2. The van der Waals surface area contributed by atoms with Crippen molar-refractivity contribution in [2.45, 2.75) is 6.42 Å². The highest BCUT2D eigenvalue weighted by molar-refractivity contribution is 6.35. The summed E-state index contributed by atoms with van der Waals surface area (Å²) in [4.78, 5) is 38.3. The van der Waals surface area contributed by atoms with Crippen molar-refractivity contribution in [2.24, 2.45) is 0 Å². The van der Waals surface area contributed by atoms with Gasteiger partial charge in [-0.15, -0.1) is 0 Å². The van der Waals surface area contributed by atoms with Crippen LogP contribution in [0.1, 0.15) is 17.8 Å². The number of rotatable bonds is 10. The van der Waals surface area contributed by atoms with E-state index in [0.717, 1.165) is 19.0 Å². The molecule has 0 atom stereocenters. The fourth-order valence-electron chi connectivity index (χ4n) is 4.31. The van der Waals surface area contributed by atoms with Crippen LogP contribution in [0.2, 0.25) is 0 Å². The third-order valence-corrected chi connectivity index (χ3v) is 6.35. The van der Waals surface area contributed by atoms with Gasteiger partial charge in [-0.3, -0.25) is 9.59 Å². The molecule has 0 aliphatic carbocycles. The first-order valence-electron chi connectivity index (χ1n) is 12.4. The summed E-state index contributed by atoms with van der Waals surface area (Å²) in [5.74, 6) is -1.34. The molecule has 0 fully saturated rings. The molecule has 2 heterocycles. The maximum atomic E-state index is 15.1. The van der Waals surface area contributed by atoms with Gasteiger partial charge in [0.25, 0.3) is 11.5 Å². The zero-order valence-electron chi connectivity index (χ0n) is 22.3. The monoisotopic (exact) mass is 525 g/mol. The van der Waals surface area contributed by atoms with Crippen molar-refractivity contribution in [1.82, 2.24) is 19.8 Å². The van der Waals surface area contributed by atoms with Crippen LogP contribution in [-0.2, 0) is 4.79 Å². The lowest BCUT2D eigenvalue weighted by Gasteiger charge is -2.21. The molecular weight excluding hydrogens is 492 g/mol. The third-order valence-electron chi connectivity index (χ3n) is 6.35. The van der Waals surface area contributed by atoms with Gasteiger partial charge in [0.15, 0.2) is 0 Å². The molecule has 0 unspecified atom stereocenters. The Labute approximate surface area is 220 Å². The molecule has 0 saturated heterocycles. The summed E-state index contributed by atoms with van der Waals surface area (Å²) >= 11 is 0. The van der Waals surface area contributed by atoms with Gasteiger partial charge in [0, 0.05) is 32.2 Å². The number of benzene rings is 2.